The van der Waals surface area contributed by atoms with Gasteiger partial charge in [-0.1, -0.05) is 39.8 Å². The van der Waals surface area contributed by atoms with Gasteiger partial charge in [0.1, 0.15) is 5.78 Å². The first kappa shape index (κ1) is 11.5. The maximum absolute atomic E-state index is 12.2. The first-order chi connectivity index (χ1) is 6.54. The molecule has 0 fully saturated rings. The van der Waals surface area contributed by atoms with E-state index in [4.69, 9.17) is 0 Å². The van der Waals surface area contributed by atoms with E-state index in [9.17, 15) is 4.79 Å². The van der Waals surface area contributed by atoms with Gasteiger partial charge in [0.15, 0.2) is 0 Å². The van der Waals surface area contributed by atoms with Crippen molar-refractivity contribution in [2.24, 2.45) is 23.7 Å². The highest BCUT2D eigenvalue weighted by molar-refractivity contribution is 5.84. The molecule has 1 aliphatic carbocycles. The van der Waals surface area contributed by atoms with Crippen molar-refractivity contribution >= 4 is 5.78 Å². The highest BCUT2D eigenvalue weighted by Crippen LogP contribution is 2.29. The van der Waals surface area contributed by atoms with Gasteiger partial charge in [-0.2, -0.15) is 0 Å². The number of allylic oxidation sites excluding steroid dienone is 2. The van der Waals surface area contributed by atoms with Crippen LogP contribution in [0.3, 0.4) is 0 Å². The lowest BCUT2D eigenvalue weighted by Gasteiger charge is -2.24. The van der Waals surface area contributed by atoms with Crippen molar-refractivity contribution in [3.05, 3.63) is 12.2 Å². The Kier molecular flexibility index (Phi) is 3.91. The number of carbonyl (C=O) groups excluding carboxylic acids is 1. The number of ketones is 1. The van der Waals surface area contributed by atoms with Crippen molar-refractivity contribution in [1.29, 1.82) is 0 Å². The minimum absolute atomic E-state index is 0.251. The van der Waals surface area contributed by atoms with Crippen molar-refractivity contribution in [3.63, 3.8) is 0 Å². The fourth-order valence-corrected chi connectivity index (χ4v) is 2.19. The highest BCUT2D eigenvalue weighted by atomic mass is 16.1. The first-order valence-electron chi connectivity index (χ1n) is 5.72. The second-order valence-corrected chi connectivity index (χ2v) is 5.05. The normalized spacial score (nSPS) is 28.6. The molecule has 0 aromatic carbocycles. The third kappa shape index (κ3) is 2.46. The molecule has 0 bridgehead atoms. The zero-order chi connectivity index (χ0) is 10.7. The van der Waals surface area contributed by atoms with Crippen LogP contribution in [-0.2, 0) is 4.79 Å². The van der Waals surface area contributed by atoms with Crippen molar-refractivity contribution in [2.45, 2.75) is 40.5 Å². The minimum Gasteiger partial charge on any atom is -0.299 e. The highest BCUT2D eigenvalue weighted by Gasteiger charge is 2.30. The Morgan fingerprint density at radius 3 is 1.64 bits per heavy atom. The molecule has 0 saturated carbocycles. The van der Waals surface area contributed by atoms with E-state index in [2.05, 4.69) is 39.8 Å². The molecule has 1 nitrogen and oxygen atoms in total. The summed E-state index contributed by atoms with van der Waals surface area (Å²) in [4.78, 5) is 12.2. The van der Waals surface area contributed by atoms with E-state index >= 15 is 0 Å². The zero-order valence-electron chi connectivity index (χ0n) is 9.79. The standard InChI is InChI=1S/C13H22O/c1-9(2)11-7-5-6-8-12(10(3)4)13(11)14/h5-6,9-12H,7-8H2,1-4H3. The van der Waals surface area contributed by atoms with Crippen LogP contribution >= 0.6 is 0 Å². The van der Waals surface area contributed by atoms with Crippen molar-refractivity contribution < 1.29 is 4.79 Å². The van der Waals surface area contributed by atoms with Gasteiger partial charge in [0.25, 0.3) is 0 Å². The molecular weight excluding hydrogens is 172 g/mol. The van der Waals surface area contributed by atoms with Gasteiger partial charge in [-0.15, -0.1) is 0 Å². The van der Waals surface area contributed by atoms with Gasteiger partial charge < -0.3 is 0 Å². The third-order valence-electron chi connectivity index (χ3n) is 3.29. The predicted molar refractivity (Wildman–Crippen MR) is 60.0 cm³/mol. The van der Waals surface area contributed by atoms with Crippen molar-refractivity contribution in [1.82, 2.24) is 0 Å². The van der Waals surface area contributed by atoms with Crippen LogP contribution in [0.1, 0.15) is 40.5 Å². The lowest BCUT2D eigenvalue weighted by molar-refractivity contribution is -0.129. The lowest BCUT2D eigenvalue weighted by atomic mass is 9.79. The summed E-state index contributed by atoms with van der Waals surface area (Å²) in [6.45, 7) is 8.61. The molecule has 0 aliphatic heterocycles. The molecule has 0 heterocycles. The number of hydrogen-bond donors (Lipinski definition) is 0. The fraction of sp³-hybridized carbons (Fsp3) is 0.769. The van der Waals surface area contributed by atoms with Crippen LogP contribution in [0.2, 0.25) is 0 Å². The summed E-state index contributed by atoms with van der Waals surface area (Å²) < 4.78 is 0. The second-order valence-electron chi connectivity index (χ2n) is 5.05. The number of rotatable bonds is 2. The molecule has 0 amide bonds. The van der Waals surface area contributed by atoms with E-state index in [1.165, 1.54) is 0 Å². The Hall–Kier alpha value is -0.590. The van der Waals surface area contributed by atoms with E-state index in [-0.39, 0.29) is 11.8 Å². The SMILES string of the molecule is CC(C)C1CC=CCC(C(C)C)C1=O. The molecule has 0 aromatic rings. The minimum atomic E-state index is 0.251. The summed E-state index contributed by atoms with van der Waals surface area (Å²) in [5, 5.41) is 0. The van der Waals surface area contributed by atoms with Gasteiger partial charge in [-0.05, 0) is 24.7 Å². The average molecular weight is 194 g/mol. The van der Waals surface area contributed by atoms with E-state index in [1.807, 2.05) is 0 Å². The van der Waals surface area contributed by atoms with Gasteiger partial charge in [-0.25, -0.2) is 0 Å². The fourth-order valence-electron chi connectivity index (χ4n) is 2.19. The number of hydrogen-bond acceptors (Lipinski definition) is 1. The van der Waals surface area contributed by atoms with Crippen LogP contribution in [0.4, 0.5) is 0 Å². The summed E-state index contributed by atoms with van der Waals surface area (Å²) in [7, 11) is 0. The second kappa shape index (κ2) is 4.77. The Morgan fingerprint density at radius 2 is 1.36 bits per heavy atom. The van der Waals surface area contributed by atoms with Gasteiger partial charge in [0.05, 0.1) is 0 Å². The molecule has 0 aromatic heterocycles. The lowest BCUT2D eigenvalue weighted by Crippen LogP contribution is -2.28. The molecule has 1 heteroatoms. The molecule has 1 rings (SSSR count). The third-order valence-corrected chi connectivity index (χ3v) is 3.29. The zero-order valence-corrected chi connectivity index (χ0v) is 9.79. The molecule has 0 N–H and O–H groups in total. The largest absolute Gasteiger partial charge is 0.299 e. The average Bonchev–Trinajstić information content (AvgIpc) is 2.26. The van der Waals surface area contributed by atoms with E-state index < -0.39 is 0 Å². The maximum atomic E-state index is 12.2. The topological polar surface area (TPSA) is 17.1 Å². The predicted octanol–water partition coefficient (Wildman–Crippen LogP) is 3.45. The van der Waals surface area contributed by atoms with E-state index in [0.29, 0.717) is 17.6 Å². The Labute approximate surface area is 87.6 Å². The summed E-state index contributed by atoms with van der Waals surface area (Å²) >= 11 is 0. The molecule has 2 atom stereocenters. The van der Waals surface area contributed by atoms with Gasteiger partial charge >= 0.3 is 0 Å². The molecular formula is C13H22O. The molecule has 80 valence electrons. The maximum Gasteiger partial charge on any atom is 0.140 e. The van der Waals surface area contributed by atoms with Crippen LogP contribution in [-0.4, -0.2) is 5.78 Å². The van der Waals surface area contributed by atoms with Crippen LogP contribution in [0, 0.1) is 23.7 Å². The summed E-state index contributed by atoms with van der Waals surface area (Å²) in [6, 6.07) is 0. The van der Waals surface area contributed by atoms with Gasteiger partial charge in [0, 0.05) is 11.8 Å². The van der Waals surface area contributed by atoms with Gasteiger partial charge in [0.2, 0.25) is 0 Å². The number of carbonyl (C=O) groups is 1. The van der Waals surface area contributed by atoms with Crippen molar-refractivity contribution in [3.8, 4) is 0 Å². The summed E-state index contributed by atoms with van der Waals surface area (Å²) in [5.41, 5.74) is 0. The Morgan fingerprint density at radius 1 is 1.00 bits per heavy atom. The van der Waals surface area contributed by atoms with Crippen LogP contribution in [0.25, 0.3) is 0 Å². The molecule has 0 radical (unpaired) electrons. The van der Waals surface area contributed by atoms with Crippen molar-refractivity contribution in [2.75, 3.05) is 0 Å². The smallest absolute Gasteiger partial charge is 0.140 e. The molecule has 1 aliphatic rings. The quantitative estimate of drug-likeness (QED) is 0.615. The molecule has 0 saturated heterocycles. The Bertz CT molecular complexity index is 203. The van der Waals surface area contributed by atoms with Crippen LogP contribution < -0.4 is 0 Å². The van der Waals surface area contributed by atoms with Crippen LogP contribution in [0.15, 0.2) is 12.2 Å². The van der Waals surface area contributed by atoms with E-state index in [1.54, 1.807) is 0 Å². The molecule has 14 heavy (non-hydrogen) atoms. The Balaban J connectivity index is 2.80. The van der Waals surface area contributed by atoms with Crippen LogP contribution in [0.5, 0.6) is 0 Å². The summed E-state index contributed by atoms with van der Waals surface area (Å²) in [6.07, 6.45) is 6.26. The van der Waals surface area contributed by atoms with E-state index in [0.717, 1.165) is 12.8 Å². The molecule has 2 unspecified atom stereocenters. The first-order valence-corrected chi connectivity index (χ1v) is 5.72. The summed E-state index contributed by atoms with van der Waals surface area (Å²) in [5.74, 6) is 1.94. The number of Topliss-reactive ketones (excluding diaryl/α,β-unsaturated/α-hetero) is 1. The monoisotopic (exact) mass is 194 g/mol. The van der Waals surface area contributed by atoms with Gasteiger partial charge in [-0.3, -0.25) is 4.79 Å². The molecule has 0 spiro atoms.